The monoisotopic (exact) mass is 589 g/mol. The van der Waals surface area contributed by atoms with Crippen molar-refractivity contribution in [3.8, 4) is 5.75 Å². The number of aliphatic hydroxyl groups is 1. The number of benzene rings is 2. The van der Waals surface area contributed by atoms with E-state index in [2.05, 4.69) is 5.32 Å². The van der Waals surface area contributed by atoms with Crippen LogP contribution in [0.3, 0.4) is 0 Å². The summed E-state index contributed by atoms with van der Waals surface area (Å²) in [6.45, 7) is 3.72. The van der Waals surface area contributed by atoms with E-state index in [0.717, 1.165) is 5.56 Å². The SMILES string of the molecule is COc1ccc(S(=O)(=O)N(CC(C)C)C[C@@H](O)[C@H](Cc2ccccc2)NC(=O)O[C@@H]2C[C@@H]3OC(=O)N(C)[C@@H]3C2)cc1. The lowest BCUT2D eigenvalue weighted by Gasteiger charge is -2.31. The molecule has 1 saturated heterocycles. The number of nitrogens with zero attached hydrogens (tertiary/aromatic N) is 2. The third-order valence-electron chi connectivity index (χ3n) is 7.46. The van der Waals surface area contributed by atoms with Crippen LogP contribution in [0.25, 0.3) is 0 Å². The first kappa shape index (κ1) is 30.6. The van der Waals surface area contributed by atoms with E-state index in [1.807, 2.05) is 44.2 Å². The molecular formula is C29H39N3O8S. The second-order valence-corrected chi connectivity index (χ2v) is 12.9. The Labute approximate surface area is 241 Å². The predicted octanol–water partition coefficient (Wildman–Crippen LogP) is 3.02. The molecule has 1 aliphatic carbocycles. The lowest BCUT2D eigenvalue weighted by Crippen LogP contribution is -2.51. The highest BCUT2D eigenvalue weighted by atomic mass is 32.2. The van der Waals surface area contributed by atoms with Crippen LogP contribution in [0.5, 0.6) is 5.75 Å². The van der Waals surface area contributed by atoms with Crippen LogP contribution >= 0.6 is 0 Å². The summed E-state index contributed by atoms with van der Waals surface area (Å²) in [5.41, 5.74) is 0.856. The molecule has 0 aromatic heterocycles. The van der Waals surface area contributed by atoms with Gasteiger partial charge in [0.25, 0.3) is 0 Å². The van der Waals surface area contributed by atoms with Crippen molar-refractivity contribution in [1.82, 2.24) is 14.5 Å². The Morgan fingerprint density at radius 2 is 1.80 bits per heavy atom. The van der Waals surface area contributed by atoms with E-state index in [1.54, 1.807) is 19.2 Å². The molecule has 2 aromatic carbocycles. The van der Waals surface area contributed by atoms with Crippen LogP contribution in [0, 0.1) is 5.92 Å². The van der Waals surface area contributed by atoms with Gasteiger partial charge in [0.15, 0.2) is 0 Å². The third-order valence-corrected chi connectivity index (χ3v) is 9.31. The third kappa shape index (κ3) is 7.49. The highest BCUT2D eigenvalue weighted by molar-refractivity contribution is 7.89. The Morgan fingerprint density at radius 3 is 2.41 bits per heavy atom. The summed E-state index contributed by atoms with van der Waals surface area (Å²) in [6.07, 6.45) is -2.04. The van der Waals surface area contributed by atoms with E-state index < -0.39 is 34.4 Å². The minimum Gasteiger partial charge on any atom is -0.497 e. The number of sulfonamides is 1. The highest BCUT2D eigenvalue weighted by Crippen LogP contribution is 2.34. The van der Waals surface area contributed by atoms with Crippen molar-refractivity contribution >= 4 is 22.2 Å². The summed E-state index contributed by atoms with van der Waals surface area (Å²) in [7, 11) is -0.802. The van der Waals surface area contributed by atoms with E-state index in [9.17, 15) is 23.1 Å². The van der Waals surface area contributed by atoms with Crippen molar-refractivity contribution in [2.24, 2.45) is 5.92 Å². The van der Waals surface area contributed by atoms with Crippen LogP contribution in [0.2, 0.25) is 0 Å². The Kier molecular flexibility index (Phi) is 9.77. The van der Waals surface area contributed by atoms with Gasteiger partial charge in [-0.15, -0.1) is 0 Å². The molecule has 11 nitrogen and oxygen atoms in total. The van der Waals surface area contributed by atoms with Crippen LogP contribution < -0.4 is 10.1 Å². The molecule has 2 aliphatic rings. The van der Waals surface area contributed by atoms with Gasteiger partial charge in [0.05, 0.1) is 30.2 Å². The second-order valence-electron chi connectivity index (χ2n) is 11.0. The van der Waals surface area contributed by atoms with Crippen LogP contribution in [0.15, 0.2) is 59.5 Å². The maximum Gasteiger partial charge on any atom is 0.410 e. The summed E-state index contributed by atoms with van der Waals surface area (Å²) < 4.78 is 44.6. The number of aliphatic hydroxyl groups excluding tert-OH is 1. The van der Waals surface area contributed by atoms with Gasteiger partial charge in [-0.25, -0.2) is 18.0 Å². The molecule has 1 aliphatic heterocycles. The Hall–Kier alpha value is -3.35. The normalized spacial score (nSPS) is 21.9. The van der Waals surface area contributed by atoms with Crippen molar-refractivity contribution in [1.29, 1.82) is 0 Å². The van der Waals surface area contributed by atoms with E-state index in [4.69, 9.17) is 14.2 Å². The molecule has 0 unspecified atom stereocenters. The van der Waals surface area contributed by atoms with Gasteiger partial charge in [0, 0.05) is 33.0 Å². The molecule has 224 valence electrons. The minimum atomic E-state index is -3.96. The maximum atomic E-state index is 13.6. The summed E-state index contributed by atoms with van der Waals surface area (Å²) >= 11 is 0. The molecule has 5 atom stereocenters. The standard InChI is InChI=1S/C29H39N3O8S/c1-19(2)17-32(41(36,37)23-12-10-21(38-4)11-13-23)18-26(33)24(14-20-8-6-5-7-9-20)30-28(34)39-22-15-25-27(16-22)40-29(35)31(25)3/h5-13,19,22,24-27,33H,14-18H2,1-4H3,(H,30,34)/t22-,24-,25+,26+,27-/m0/s1. The van der Waals surface area contributed by atoms with Crippen LogP contribution in [-0.4, -0.2) is 92.6 Å². The Bertz CT molecular complexity index is 1290. The van der Waals surface area contributed by atoms with E-state index in [-0.39, 0.29) is 48.6 Å². The first-order valence-electron chi connectivity index (χ1n) is 13.7. The fourth-order valence-corrected chi connectivity index (χ4v) is 6.93. The van der Waals surface area contributed by atoms with E-state index in [1.165, 1.54) is 28.4 Å². The topological polar surface area (TPSA) is 135 Å². The van der Waals surface area contributed by atoms with Gasteiger partial charge < -0.3 is 29.5 Å². The number of likely N-dealkylation sites (N-methyl/N-ethyl adjacent to an activating group) is 1. The van der Waals surface area contributed by atoms with Crippen LogP contribution in [-0.2, 0) is 25.9 Å². The molecule has 4 rings (SSSR count). The molecule has 41 heavy (non-hydrogen) atoms. The van der Waals surface area contributed by atoms with Gasteiger partial charge in [-0.2, -0.15) is 4.31 Å². The number of hydrogen-bond donors (Lipinski definition) is 2. The number of fused-ring (bicyclic) bond motifs is 1. The average molecular weight is 590 g/mol. The van der Waals surface area contributed by atoms with Gasteiger partial charge in [0.1, 0.15) is 18.0 Å². The molecule has 1 saturated carbocycles. The number of carbonyl (C=O) groups excluding carboxylic acids is 2. The highest BCUT2D eigenvalue weighted by Gasteiger charge is 2.48. The number of carbonyl (C=O) groups is 2. The largest absolute Gasteiger partial charge is 0.497 e. The van der Waals surface area contributed by atoms with Gasteiger partial charge in [-0.3, -0.25) is 0 Å². The van der Waals surface area contributed by atoms with Crippen molar-refractivity contribution < 1.29 is 37.3 Å². The molecule has 0 bridgehead atoms. The fourth-order valence-electron chi connectivity index (χ4n) is 5.31. The summed E-state index contributed by atoms with van der Waals surface area (Å²) in [5, 5.41) is 14.2. The Balaban J connectivity index is 1.49. The zero-order valence-corrected chi connectivity index (χ0v) is 24.6. The molecule has 12 heteroatoms. The quantitative estimate of drug-likeness (QED) is 0.386. The van der Waals surface area contributed by atoms with Crippen LogP contribution in [0.1, 0.15) is 32.3 Å². The van der Waals surface area contributed by atoms with Gasteiger partial charge >= 0.3 is 12.2 Å². The number of alkyl carbamates (subject to hydrolysis) is 1. The molecule has 0 radical (unpaired) electrons. The average Bonchev–Trinajstić information content (AvgIpc) is 3.44. The van der Waals surface area contributed by atoms with E-state index in [0.29, 0.717) is 18.6 Å². The summed E-state index contributed by atoms with van der Waals surface area (Å²) in [4.78, 5) is 26.4. The fraction of sp³-hybridized carbons (Fsp3) is 0.517. The lowest BCUT2D eigenvalue weighted by molar-refractivity contribution is 0.0624. The number of amides is 2. The smallest absolute Gasteiger partial charge is 0.410 e. The zero-order valence-electron chi connectivity index (χ0n) is 23.8. The molecular weight excluding hydrogens is 550 g/mol. The number of methoxy groups -OCH3 is 1. The molecule has 0 spiro atoms. The van der Waals surface area contributed by atoms with Crippen molar-refractivity contribution in [2.45, 2.75) is 68.4 Å². The van der Waals surface area contributed by atoms with Crippen molar-refractivity contribution in [3.63, 3.8) is 0 Å². The van der Waals surface area contributed by atoms with Crippen molar-refractivity contribution in [2.75, 3.05) is 27.2 Å². The predicted molar refractivity (Wildman–Crippen MR) is 151 cm³/mol. The first-order valence-corrected chi connectivity index (χ1v) is 15.2. The maximum absolute atomic E-state index is 13.6. The molecule has 2 N–H and O–H groups in total. The van der Waals surface area contributed by atoms with Gasteiger partial charge in [-0.1, -0.05) is 44.2 Å². The number of rotatable bonds is 12. The summed E-state index contributed by atoms with van der Waals surface area (Å²) in [5.74, 6) is 0.510. The first-order chi connectivity index (χ1) is 19.5. The second kappa shape index (κ2) is 13.1. The van der Waals surface area contributed by atoms with Gasteiger partial charge in [0.2, 0.25) is 10.0 Å². The van der Waals surface area contributed by atoms with Crippen molar-refractivity contribution in [3.05, 3.63) is 60.2 Å². The Morgan fingerprint density at radius 1 is 1.12 bits per heavy atom. The van der Waals surface area contributed by atoms with E-state index >= 15 is 0 Å². The number of hydrogen-bond acceptors (Lipinski definition) is 8. The molecule has 2 fully saturated rings. The van der Waals surface area contributed by atoms with Gasteiger partial charge in [-0.05, 0) is 42.2 Å². The number of nitrogens with one attached hydrogen (secondary N) is 1. The molecule has 2 amide bonds. The molecule has 2 aromatic rings. The van der Waals surface area contributed by atoms with Crippen LogP contribution in [0.4, 0.5) is 9.59 Å². The lowest BCUT2D eigenvalue weighted by atomic mass is 10.0. The minimum absolute atomic E-state index is 0.0187. The zero-order chi connectivity index (χ0) is 29.7. The molecule has 1 heterocycles. The summed E-state index contributed by atoms with van der Waals surface area (Å²) in [6, 6.07) is 14.4. The number of ether oxygens (including phenoxy) is 3.